The Hall–Kier alpha value is -2.42. The third kappa shape index (κ3) is 4.52. The molecule has 0 radical (unpaired) electrons. The van der Waals surface area contributed by atoms with Crippen molar-refractivity contribution in [1.29, 1.82) is 0 Å². The van der Waals surface area contributed by atoms with Crippen molar-refractivity contribution < 1.29 is 22.8 Å². The smallest absolute Gasteiger partial charge is 0.243 e. The first-order chi connectivity index (χ1) is 13.2. The number of rotatable bonds is 5. The molecule has 3 rings (SSSR count). The first-order valence-corrected chi connectivity index (χ1v) is 11.1. The monoisotopic (exact) mass is 407 g/mol. The Balaban J connectivity index is 1.51. The fraction of sp³-hybridized carbons (Fsp3) is 0.526. The van der Waals surface area contributed by atoms with E-state index in [0.29, 0.717) is 6.42 Å². The zero-order valence-corrected chi connectivity index (χ0v) is 16.8. The highest BCUT2D eigenvalue weighted by atomic mass is 32.2. The second-order valence-corrected chi connectivity index (χ2v) is 9.77. The zero-order chi connectivity index (χ0) is 20.5. The number of nitrogens with one attached hydrogen (secondary N) is 2. The molecule has 2 saturated heterocycles. The van der Waals surface area contributed by atoms with Gasteiger partial charge < -0.3 is 15.5 Å². The predicted molar refractivity (Wildman–Crippen MR) is 104 cm³/mol. The van der Waals surface area contributed by atoms with Gasteiger partial charge >= 0.3 is 0 Å². The maximum Gasteiger partial charge on any atom is 0.243 e. The van der Waals surface area contributed by atoms with Crippen LogP contribution in [0.15, 0.2) is 18.2 Å². The van der Waals surface area contributed by atoms with Crippen LogP contribution in [-0.4, -0.2) is 61.7 Å². The van der Waals surface area contributed by atoms with Crippen LogP contribution in [0, 0.1) is 19.8 Å². The van der Waals surface area contributed by atoms with Crippen molar-refractivity contribution in [3.8, 4) is 0 Å². The summed E-state index contributed by atoms with van der Waals surface area (Å²) in [7, 11) is -3.10. The molecule has 28 heavy (non-hydrogen) atoms. The van der Waals surface area contributed by atoms with E-state index in [4.69, 9.17) is 0 Å². The van der Waals surface area contributed by atoms with E-state index in [1.807, 2.05) is 32.0 Å². The van der Waals surface area contributed by atoms with E-state index in [1.165, 1.54) is 4.90 Å². The Kier molecular flexibility index (Phi) is 5.74. The van der Waals surface area contributed by atoms with Crippen LogP contribution in [0.3, 0.4) is 0 Å². The van der Waals surface area contributed by atoms with Crippen LogP contribution in [0.2, 0.25) is 0 Å². The lowest BCUT2D eigenvalue weighted by molar-refractivity contribution is -0.130. The number of amides is 3. The van der Waals surface area contributed by atoms with Gasteiger partial charge in [-0.3, -0.25) is 14.4 Å². The van der Waals surface area contributed by atoms with Crippen LogP contribution >= 0.6 is 0 Å². The number of benzene rings is 1. The van der Waals surface area contributed by atoms with Crippen LogP contribution in [0.25, 0.3) is 0 Å². The maximum absolute atomic E-state index is 12.4. The average molecular weight is 407 g/mol. The van der Waals surface area contributed by atoms with Gasteiger partial charge in [0.15, 0.2) is 9.84 Å². The van der Waals surface area contributed by atoms with Gasteiger partial charge in [-0.15, -0.1) is 0 Å². The molecule has 2 fully saturated rings. The number of hydrogen-bond donors (Lipinski definition) is 2. The molecular formula is C19H25N3O5S. The number of para-hydroxylation sites is 1. The van der Waals surface area contributed by atoms with Gasteiger partial charge in [-0.2, -0.15) is 0 Å². The maximum atomic E-state index is 12.4. The third-order valence-corrected chi connectivity index (χ3v) is 7.10. The summed E-state index contributed by atoms with van der Waals surface area (Å²) in [6.07, 6.45) is 0.460. The number of anilines is 1. The van der Waals surface area contributed by atoms with Crippen LogP contribution in [0.5, 0.6) is 0 Å². The number of aryl methyl sites for hydroxylation is 2. The second-order valence-electron chi connectivity index (χ2n) is 7.54. The SMILES string of the molecule is Cc1cccc(C)c1NC(=O)CNC(=O)[C@H]1CC(=O)N([C@H]2CCS(=O)(=O)C2)C1. The number of carbonyl (C=O) groups is 3. The number of carbonyl (C=O) groups excluding carboxylic acids is 3. The molecule has 2 N–H and O–H groups in total. The van der Waals surface area contributed by atoms with E-state index in [1.54, 1.807) is 0 Å². The largest absolute Gasteiger partial charge is 0.347 e. The molecular weight excluding hydrogens is 382 g/mol. The molecule has 1 aromatic carbocycles. The quantitative estimate of drug-likeness (QED) is 0.733. The summed E-state index contributed by atoms with van der Waals surface area (Å²) in [5, 5.41) is 5.38. The molecule has 3 amide bonds. The van der Waals surface area contributed by atoms with Gasteiger partial charge in [-0.1, -0.05) is 18.2 Å². The number of nitrogens with zero attached hydrogens (tertiary/aromatic N) is 1. The minimum Gasteiger partial charge on any atom is -0.347 e. The molecule has 2 atom stereocenters. The number of likely N-dealkylation sites (tertiary alicyclic amines) is 1. The standard InChI is InChI=1S/C19H25N3O5S/c1-12-4-3-5-13(2)18(12)21-16(23)9-20-19(25)14-8-17(24)22(10-14)15-6-7-28(26,27)11-15/h3-5,14-15H,6-11H2,1-2H3,(H,20,25)(H,21,23)/t14-,15-/m0/s1. The predicted octanol–water partition coefficient (Wildman–Crippen LogP) is 0.394. The van der Waals surface area contributed by atoms with E-state index in [-0.39, 0.29) is 54.8 Å². The molecule has 0 unspecified atom stereocenters. The van der Waals surface area contributed by atoms with Gasteiger partial charge in [-0.25, -0.2) is 8.42 Å². The van der Waals surface area contributed by atoms with Crippen LogP contribution in [0.1, 0.15) is 24.0 Å². The molecule has 8 nitrogen and oxygen atoms in total. The summed E-state index contributed by atoms with van der Waals surface area (Å²) in [4.78, 5) is 38.3. The molecule has 2 aliphatic rings. The Bertz CT molecular complexity index is 892. The molecule has 0 spiro atoms. The highest BCUT2D eigenvalue weighted by Crippen LogP contribution is 2.26. The lowest BCUT2D eigenvalue weighted by atomic mass is 10.1. The molecule has 1 aromatic rings. The third-order valence-electron chi connectivity index (χ3n) is 5.35. The van der Waals surface area contributed by atoms with E-state index < -0.39 is 15.8 Å². The van der Waals surface area contributed by atoms with Gasteiger partial charge in [0.1, 0.15) is 0 Å². The number of hydrogen-bond acceptors (Lipinski definition) is 5. The zero-order valence-electron chi connectivity index (χ0n) is 16.0. The molecule has 0 saturated carbocycles. The Morgan fingerprint density at radius 1 is 1.21 bits per heavy atom. The van der Waals surface area contributed by atoms with E-state index in [9.17, 15) is 22.8 Å². The average Bonchev–Trinajstić information content (AvgIpc) is 3.18. The van der Waals surface area contributed by atoms with Crippen molar-refractivity contribution in [3.63, 3.8) is 0 Å². The van der Waals surface area contributed by atoms with Gasteiger partial charge in [0, 0.05) is 24.7 Å². The lowest BCUT2D eigenvalue weighted by Crippen LogP contribution is -2.40. The summed E-state index contributed by atoms with van der Waals surface area (Å²) in [6, 6.07) is 5.34. The van der Waals surface area contributed by atoms with Gasteiger partial charge in [0.05, 0.1) is 24.0 Å². The topological polar surface area (TPSA) is 113 Å². The van der Waals surface area contributed by atoms with Crippen molar-refractivity contribution in [1.82, 2.24) is 10.2 Å². The van der Waals surface area contributed by atoms with E-state index >= 15 is 0 Å². The normalized spacial score (nSPS) is 23.6. The Labute approximate surface area is 164 Å². The number of sulfone groups is 1. The lowest BCUT2D eigenvalue weighted by Gasteiger charge is -2.22. The molecule has 0 aliphatic carbocycles. The summed E-state index contributed by atoms with van der Waals surface area (Å²) >= 11 is 0. The summed E-state index contributed by atoms with van der Waals surface area (Å²) in [5.74, 6) is -1.43. The van der Waals surface area contributed by atoms with Gasteiger partial charge in [0.2, 0.25) is 17.7 Å². The minimum atomic E-state index is -3.10. The Morgan fingerprint density at radius 2 is 1.89 bits per heavy atom. The van der Waals surface area contributed by atoms with Crippen LogP contribution in [-0.2, 0) is 24.2 Å². The van der Waals surface area contributed by atoms with Crippen LogP contribution < -0.4 is 10.6 Å². The molecule has 9 heteroatoms. The first-order valence-electron chi connectivity index (χ1n) is 9.30. The first kappa shape index (κ1) is 20.3. The van der Waals surface area contributed by atoms with Crippen molar-refractivity contribution in [2.24, 2.45) is 5.92 Å². The van der Waals surface area contributed by atoms with Crippen LogP contribution in [0.4, 0.5) is 5.69 Å². The highest BCUT2D eigenvalue weighted by Gasteiger charge is 2.41. The molecule has 152 valence electrons. The van der Waals surface area contributed by atoms with Crippen molar-refractivity contribution in [3.05, 3.63) is 29.3 Å². The molecule has 0 bridgehead atoms. The van der Waals surface area contributed by atoms with Crippen molar-refractivity contribution in [2.45, 2.75) is 32.7 Å². The highest BCUT2D eigenvalue weighted by molar-refractivity contribution is 7.91. The van der Waals surface area contributed by atoms with E-state index in [0.717, 1.165) is 16.8 Å². The molecule has 2 heterocycles. The molecule has 2 aliphatic heterocycles. The minimum absolute atomic E-state index is 0.0364. The fourth-order valence-electron chi connectivity index (χ4n) is 3.79. The van der Waals surface area contributed by atoms with Gasteiger partial charge in [0.25, 0.3) is 0 Å². The fourth-order valence-corrected chi connectivity index (χ4v) is 5.52. The summed E-state index contributed by atoms with van der Waals surface area (Å²) < 4.78 is 23.3. The van der Waals surface area contributed by atoms with Crippen molar-refractivity contribution in [2.75, 3.05) is 29.9 Å². The Morgan fingerprint density at radius 3 is 2.50 bits per heavy atom. The van der Waals surface area contributed by atoms with E-state index in [2.05, 4.69) is 10.6 Å². The summed E-state index contributed by atoms with van der Waals surface area (Å²) in [6.45, 7) is 3.80. The second kappa shape index (κ2) is 7.90. The summed E-state index contributed by atoms with van der Waals surface area (Å²) in [5.41, 5.74) is 2.60. The van der Waals surface area contributed by atoms with Gasteiger partial charge in [-0.05, 0) is 31.4 Å². The van der Waals surface area contributed by atoms with Crippen molar-refractivity contribution >= 4 is 33.2 Å². The molecule has 0 aromatic heterocycles.